The van der Waals surface area contributed by atoms with Crippen LogP contribution in [0.5, 0.6) is 0 Å². The lowest BCUT2D eigenvalue weighted by Gasteiger charge is -2.08. The van der Waals surface area contributed by atoms with E-state index in [1.54, 1.807) is 5.38 Å². The van der Waals surface area contributed by atoms with E-state index in [0.717, 1.165) is 23.5 Å². The number of thiazole rings is 1. The van der Waals surface area contributed by atoms with Gasteiger partial charge in [0.25, 0.3) is 5.91 Å². The Morgan fingerprint density at radius 2 is 2.14 bits per heavy atom. The highest BCUT2D eigenvalue weighted by molar-refractivity contribution is 7.14. The number of hydrogen-bond donors (Lipinski definition) is 2. The number of nitrogens with zero attached hydrogens (tertiary/aromatic N) is 1. The van der Waals surface area contributed by atoms with Crippen LogP contribution in [0.2, 0.25) is 0 Å². The number of hydrogen-bond acceptors (Lipinski definition) is 4. The van der Waals surface area contributed by atoms with Crippen LogP contribution in [0.15, 0.2) is 29.6 Å². The second-order valence-corrected chi connectivity index (χ2v) is 5.14. The highest BCUT2D eigenvalue weighted by Gasteiger charge is 2.30. The van der Waals surface area contributed by atoms with Crippen molar-refractivity contribution in [3.05, 3.63) is 46.5 Å². The van der Waals surface area contributed by atoms with Crippen LogP contribution in [0, 0.1) is 0 Å². The minimum atomic E-state index is -4.50. The van der Waals surface area contributed by atoms with Crippen LogP contribution in [0.1, 0.15) is 34.6 Å². The van der Waals surface area contributed by atoms with Crippen LogP contribution in [-0.2, 0) is 6.18 Å². The fourth-order valence-electron chi connectivity index (χ4n) is 1.54. The molecule has 0 aliphatic rings. The van der Waals surface area contributed by atoms with Crippen molar-refractivity contribution < 1.29 is 23.1 Å². The number of aromatic nitrogens is 1. The number of benzene rings is 1. The number of aliphatic hydroxyl groups is 1. The molecule has 0 saturated carbocycles. The molecule has 1 atom stereocenters. The minimum Gasteiger partial charge on any atom is -0.387 e. The van der Waals surface area contributed by atoms with E-state index in [2.05, 4.69) is 10.3 Å². The first-order chi connectivity index (χ1) is 9.77. The van der Waals surface area contributed by atoms with Gasteiger partial charge in [0.05, 0.1) is 17.4 Å². The SMILES string of the molecule is CC(O)c1csc(NC(=O)c2cccc(C(F)(F)F)c2)n1. The third-order valence-electron chi connectivity index (χ3n) is 2.62. The molecule has 0 saturated heterocycles. The van der Waals surface area contributed by atoms with Gasteiger partial charge in [-0.05, 0) is 25.1 Å². The van der Waals surface area contributed by atoms with E-state index in [1.807, 2.05) is 0 Å². The molecule has 0 bridgehead atoms. The van der Waals surface area contributed by atoms with E-state index in [0.29, 0.717) is 5.69 Å². The standard InChI is InChI=1S/C13H11F3N2O2S/c1-7(19)10-6-21-12(17-10)18-11(20)8-3-2-4-9(5-8)13(14,15)16/h2-7,19H,1H3,(H,17,18,20). The molecule has 1 amide bonds. The van der Waals surface area contributed by atoms with Crippen LogP contribution in [0.25, 0.3) is 0 Å². The number of halogens is 3. The number of amides is 1. The first kappa shape index (κ1) is 15.5. The van der Waals surface area contributed by atoms with E-state index in [-0.39, 0.29) is 10.7 Å². The zero-order chi connectivity index (χ0) is 15.6. The van der Waals surface area contributed by atoms with Crippen molar-refractivity contribution in [1.29, 1.82) is 0 Å². The Labute approximate surface area is 122 Å². The van der Waals surface area contributed by atoms with Crippen LogP contribution in [-0.4, -0.2) is 16.0 Å². The van der Waals surface area contributed by atoms with Gasteiger partial charge in [0.2, 0.25) is 0 Å². The molecule has 2 rings (SSSR count). The number of rotatable bonds is 3. The second kappa shape index (κ2) is 5.82. The van der Waals surface area contributed by atoms with E-state index in [4.69, 9.17) is 0 Å². The molecule has 0 aliphatic carbocycles. The minimum absolute atomic E-state index is 0.112. The summed E-state index contributed by atoms with van der Waals surface area (Å²) in [5, 5.41) is 13.5. The molecule has 2 N–H and O–H groups in total. The van der Waals surface area contributed by atoms with E-state index < -0.39 is 23.8 Å². The summed E-state index contributed by atoms with van der Waals surface area (Å²) in [6.45, 7) is 1.52. The number of carbonyl (C=O) groups excluding carboxylic acids is 1. The zero-order valence-electron chi connectivity index (χ0n) is 10.8. The largest absolute Gasteiger partial charge is 0.416 e. The fourth-order valence-corrected chi connectivity index (χ4v) is 2.33. The summed E-state index contributed by atoms with van der Waals surface area (Å²) in [6, 6.07) is 4.12. The molecule has 21 heavy (non-hydrogen) atoms. The molecular formula is C13H11F3N2O2S. The van der Waals surface area contributed by atoms with Gasteiger partial charge >= 0.3 is 6.18 Å². The molecule has 1 aromatic carbocycles. The molecule has 0 fully saturated rings. The summed E-state index contributed by atoms with van der Waals surface area (Å²) in [6.07, 6.45) is -5.28. The lowest BCUT2D eigenvalue weighted by molar-refractivity contribution is -0.137. The predicted molar refractivity (Wildman–Crippen MR) is 72.1 cm³/mol. The molecule has 0 radical (unpaired) electrons. The highest BCUT2D eigenvalue weighted by Crippen LogP contribution is 2.29. The summed E-state index contributed by atoms with van der Waals surface area (Å²) < 4.78 is 37.7. The normalized spacial score (nSPS) is 13.0. The second-order valence-electron chi connectivity index (χ2n) is 4.29. The van der Waals surface area contributed by atoms with Crippen molar-refractivity contribution >= 4 is 22.4 Å². The fraction of sp³-hybridized carbons (Fsp3) is 0.231. The Morgan fingerprint density at radius 1 is 1.43 bits per heavy atom. The Kier molecular flexibility index (Phi) is 4.29. The molecule has 2 aromatic rings. The number of nitrogens with one attached hydrogen (secondary N) is 1. The molecule has 0 aliphatic heterocycles. The topological polar surface area (TPSA) is 62.2 Å². The van der Waals surface area contributed by atoms with Crippen LogP contribution < -0.4 is 5.32 Å². The molecule has 4 nitrogen and oxygen atoms in total. The maximum Gasteiger partial charge on any atom is 0.416 e. The predicted octanol–water partition coefficient (Wildman–Crippen LogP) is 3.47. The van der Waals surface area contributed by atoms with Gasteiger partial charge in [-0.2, -0.15) is 13.2 Å². The van der Waals surface area contributed by atoms with Crippen LogP contribution in [0.4, 0.5) is 18.3 Å². The molecule has 1 unspecified atom stereocenters. The van der Waals surface area contributed by atoms with Crippen LogP contribution in [0.3, 0.4) is 0 Å². The van der Waals surface area contributed by atoms with Crippen molar-refractivity contribution in [2.24, 2.45) is 0 Å². The summed E-state index contributed by atoms with van der Waals surface area (Å²) in [4.78, 5) is 15.9. The van der Waals surface area contributed by atoms with Crippen molar-refractivity contribution in [1.82, 2.24) is 4.98 Å². The van der Waals surface area contributed by atoms with Gasteiger partial charge in [0.15, 0.2) is 5.13 Å². The molecule has 112 valence electrons. The van der Waals surface area contributed by atoms with Crippen molar-refractivity contribution in [3.63, 3.8) is 0 Å². The average Bonchev–Trinajstić information content (AvgIpc) is 2.86. The van der Waals surface area contributed by atoms with Crippen molar-refractivity contribution in [2.45, 2.75) is 19.2 Å². The van der Waals surface area contributed by atoms with Crippen molar-refractivity contribution in [2.75, 3.05) is 5.32 Å². The summed E-state index contributed by atoms with van der Waals surface area (Å²) in [5.74, 6) is -0.687. The lowest BCUT2D eigenvalue weighted by Crippen LogP contribution is -2.14. The highest BCUT2D eigenvalue weighted by atomic mass is 32.1. The number of aliphatic hydroxyl groups excluding tert-OH is 1. The molecule has 0 spiro atoms. The van der Waals surface area contributed by atoms with Gasteiger partial charge in [-0.1, -0.05) is 6.07 Å². The monoisotopic (exact) mass is 316 g/mol. The lowest BCUT2D eigenvalue weighted by atomic mass is 10.1. The third kappa shape index (κ3) is 3.79. The van der Waals surface area contributed by atoms with E-state index >= 15 is 0 Å². The zero-order valence-corrected chi connectivity index (χ0v) is 11.6. The first-order valence-electron chi connectivity index (χ1n) is 5.89. The quantitative estimate of drug-likeness (QED) is 0.911. The van der Waals surface area contributed by atoms with Crippen molar-refractivity contribution in [3.8, 4) is 0 Å². The number of alkyl halides is 3. The molecule has 1 aromatic heterocycles. The number of anilines is 1. The summed E-state index contributed by atoms with van der Waals surface area (Å²) >= 11 is 1.09. The molecule has 8 heteroatoms. The first-order valence-corrected chi connectivity index (χ1v) is 6.77. The Hall–Kier alpha value is -1.93. The Bertz CT molecular complexity index is 653. The Balaban J connectivity index is 2.16. The number of carbonyl (C=O) groups is 1. The third-order valence-corrected chi connectivity index (χ3v) is 3.40. The van der Waals surface area contributed by atoms with Gasteiger partial charge in [-0.3, -0.25) is 10.1 Å². The van der Waals surface area contributed by atoms with E-state index in [1.165, 1.54) is 19.1 Å². The van der Waals surface area contributed by atoms with Gasteiger partial charge in [-0.25, -0.2) is 4.98 Å². The summed E-state index contributed by atoms with van der Waals surface area (Å²) in [5.41, 5.74) is -0.614. The maximum atomic E-state index is 12.6. The Morgan fingerprint density at radius 3 is 2.71 bits per heavy atom. The van der Waals surface area contributed by atoms with Gasteiger partial charge in [0.1, 0.15) is 0 Å². The maximum absolute atomic E-state index is 12.6. The van der Waals surface area contributed by atoms with E-state index in [9.17, 15) is 23.1 Å². The summed E-state index contributed by atoms with van der Waals surface area (Å²) in [7, 11) is 0. The van der Waals surface area contributed by atoms with Crippen LogP contribution >= 0.6 is 11.3 Å². The van der Waals surface area contributed by atoms with Gasteiger partial charge in [0, 0.05) is 10.9 Å². The van der Waals surface area contributed by atoms with Gasteiger partial charge < -0.3 is 5.11 Å². The smallest absolute Gasteiger partial charge is 0.387 e. The molecule has 1 heterocycles. The molecular weight excluding hydrogens is 305 g/mol. The van der Waals surface area contributed by atoms with Gasteiger partial charge in [-0.15, -0.1) is 11.3 Å². The average molecular weight is 316 g/mol.